The van der Waals surface area contributed by atoms with Crippen LogP contribution in [0.15, 0.2) is 17.0 Å². The first-order chi connectivity index (χ1) is 9.29. The zero-order valence-corrected chi connectivity index (χ0v) is 12.6. The molecule has 0 radical (unpaired) electrons. The van der Waals surface area contributed by atoms with E-state index >= 15 is 0 Å². The van der Waals surface area contributed by atoms with Gasteiger partial charge in [0, 0.05) is 11.6 Å². The number of nitrogens with two attached hydrogens (primary N) is 1. The molecule has 0 unspecified atom stereocenters. The summed E-state index contributed by atoms with van der Waals surface area (Å²) < 4.78 is 22.9. The van der Waals surface area contributed by atoms with Crippen LogP contribution in [0.3, 0.4) is 0 Å². The molecule has 0 bridgehead atoms. The molecule has 1 aliphatic carbocycles. The molecule has 110 valence electrons. The van der Waals surface area contributed by atoms with Crippen LogP contribution < -0.4 is 10.5 Å². The van der Waals surface area contributed by atoms with Crippen molar-refractivity contribution in [2.24, 2.45) is 5.14 Å². The van der Waals surface area contributed by atoms with E-state index in [1.54, 1.807) is 6.92 Å². The summed E-state index contributed by atoms with van der Waals surface area (Å²) in [5, 5.41) is 8.12. The highest BCUT2D eigenvalue weighted by Crippen LogP contribution is 2.21. The Hall–Kier alpha value is -1.40. The van der Waals surface area contributed by atoms with Crippen molar-refractivity contribution in [2.45, 2.75) is 50.5 Å². The highest BCUT2D eigenvalue weighted by molar-refractivity contribution is 7.89. The van der Waals surface area contributed by atoms with Gasteiger partial charge in [-0.15, -0.1) is 0 Å². The molecule has 1 aromatic rings. The second kappa shape index (κ2) is 5.54. The van der Waals surface area contributed by atoms with Gasteiger partial charge < -0.3 is 5.32 Å². The number of amides is 1. The van der Waals surface area contributed by atoms with Crippen LogP contribution in [0.25, 0.3) is 0 Å². The Morgan fingerprint density at radius 3 is 2.40 bits per heavy atom. The predicted molar refractivity (Wildman–Crippen MR) is 77.0 cm³/mol. The Balaban J connectivity index is 2.34. The monoisotopic (exact) mass is 296 g/mol. The third-order valence-corrected chi connectivity index (χ3v) is 4.80. The Kier molecular flexibility index (Phi) is 4.15. The molecule has 1 aromatic carbocycles. The van der Waals surface area contributed by atoms with Gasteiger partial charge in [-0.2, -0.15) is 0 Å². The first-order valence-electron chi connectivity index (χ1n) is 6.74. The molecule has 2 rings (SSSR count). The predicted octanol–water partition coefficient (Wildman–Crippen LogP) is 1.62. The van der Waals surface area contributed by atoms with Crippen molar-refractivity contribution < 1.29 is 13.2 Å². The van der Waals surface area contributed by atoms with Gasteiger partial charge >= 0.3 is 0 Å². The number of nitrogens with one attached hydrogen (secondary N) is 1. The van der Waals surface area contributed by atoms with Gasteiger partial charge in [-0.05, 0) is 49.9 Å². The second-order valence-electron chi connectivity index (χ2n) is 5.41. The van der Waals surface area contributed by atoms with Crippen LogP contribution in [0, 0.1) is 13.8 Å². The van der Waals surface area contributed by atoms with Crippen molar-refractivity contribution in [3.8, 4) is 0 Å². The molecule has 0 saturated heterocycles. The summed E-state index contributed by atoms with van der Waals surface area (Å²) >= 11 is 0. The maximum absolute atomic E-state index is 12.3. The number of aryl methyl sites for hydroxylation is 1. The van der Waals surface area contributed by atoms with E-state index in [0.29, 0.717) is 5.56 Å². The molecule has 1 fully saturated rings. The van der Waals surface area contributed by atoms with E-state index in [-0.39, 0.29) is 16.8 Å². The third kappa shape index (κ3) is 3.19. The summed E-state index contributed by atoms with van der Waals surface area (Å²) in [4.78, 5) is 12.3. The first kappa shape index (κ1) is 15.0. The molecule has 0 aromatic heterocycles. The average molecular weight is 296 g/mol. The van der Waals surface area contributed by atoms with Crippen LogP contribution >= 0.6 is 0 Å². The van der Waals surface area contributed by atoms with E-state index in [1.807, 2.05) is 6.92 Å². The zero-order valence-electron chi connectivity index (χ0n) is 11.8. The topological polar surface area (TPSA) is 89.3 Å². The number of sulfonamides is 1. The highest BCUT2D eigenvalue weighted by Gasteiger charge is 2.21. The van der Waals surface area contributed by atoms with E-state index in [4.69, 9.17) is 5.14 Å². The summed E-state index contributed by atoms with van der Waals surface area (Å²) in [6, 6.07) is 3.05. The minimum absolute atomic E-state index is 0.0165. The van der Waals surface area contributed by atoms with Gasteiger partial charge in [-0.25, -0.2) is 13.6 Å². The van der Waals surface area contributed by atoms with Gasteiger partial charge in [0.1, 0.15) is 0 Å². The molecule has 0 spiro atoms. The van der Waals surface area contributed by atoms with Crippen LogP contribution in [0.5, 0.6) is 0 Å². The Bertz CT molecular complexity index is 632. The molecule has 0 atom stereocenters. The minimum atomic E-state index is -3.81. The van der Waals surface area contributed by atoms with Crippen molar-refractivity contribution in [2.75, 3.05) is 0 Å². The molecule has 5 nitrogen and oxygen atoms in total. The fourth-order valence-electron chi connectivity index (χ4n) is 2.56. The zero-order chi connectivity index (χ0) is 14.9. The lowest BCUT2D eigenvalue weighted by molar-refractivity contribution is 0.0937. The summed E-state index contributed by atoms with van der Waals surface area (Å²) in [7, 11) is -3.81. The van der Waals surface area contributed by atoms with Crippen molar-refractivity contribution >= 4 is 15.9 Å². The lowest BCUT2D eigenvalue weighted by Crippen LogP contribution is -2.33. The van der Waals surface area contributed by atoms with E-state index < -0.39 is 10.0 Å². The number of hydrogen-bond acceptors (Lipinski definition) is 3. The molecular formula is C14H20N2O3S. The number of benzene rings is 1. The average Bonchev–Trinajstić information content (AvgIpc) is 2.83. The lowest BCUT2D eigenvalue weighted by Gasteiger charge is -2.15. The number of carbonyl (C=O) groups is 1. The van der Waals surface area contributed by atoms with E-state index in [1.165, 1.54) is 12.1 Å². The molecule has 3 N–H and O–H groups in total. The minimum Gasteiger partial charge on any atom is -0.349 e. The van der Waals surface area contributed by atoms with Crippen LogP contribution in [0.1, 0.15) is 47.2 Å². The molecule has 1 amide bonds. The Morgan fingerprint density at radius 1 is 1.25 bits per heavy atom. The molecule has 0 aliphatic heterocycles. The van der Waals surface area contributed by atoms with Crippen LogP contribution in [-0.2, 0) is 10.0 Å². The number of rotatable bonds is 3. The Morgan fingerprint density at radius 2 is 1.85 bits per heavy atom. The van der Waals surface area contributed by atoms with Gasteiger partial charge in [-0.3, -0.25) is 4.79 Å². The second-order valence-corrected chi connectivity index (χ2v) is 6.97. The first-order valence-corrected chi connectivity index (χ1v) is 8.28. The fourth-order valence-corrected chi connectivity index (χ4v) is 3.18. The lowest BCUT2D eigenvalue weighted by atomic mass is 10.0. The number of carbonyl (C=O) groups excluding carboxylic acids is 1. The smallest absolute Gasteiger partial charge is 0.251 e. The molecule has 20 heavy (non-hydrogen) atoms. The van der Waals surface area contributed by atoms with Gasteiger partial charge in [0.25, 0.3) is 5.91 Å². The van der Waals surface area contributed by atoms with Crippen molar-refractivity contribution in [1.29, 1.82) is 0 Å². The van der Waals surface area contributed by atoms with Crippen molar-refractivity contribution in [1.82, 2.24) is 5.32 Å². The van der Waals surface area contributed by atoms with Gasteiger partial charge in [-0.1, -0.05) is 12.8 Å². The summed E-state index contributed by atoms with van der Waals surface area (Å²) in [6.07, 6.45) is 4.22. The molecular weight excluding hydrogens is 276 g/mol. The standard InChI is InChI=1S/C14H20N2O3S/c1-9-7-12(20(15,18)19)8-13(10(9)2)14(17)16-11-5-3-4-6-11/h7-8,11H,3-6H2,1-2H3,(H,16,17)(H2,15,18,19). The van der Waals surface area contributed by atoms with E-state index in [2.05, 4.69) is 5.32 Å². The molecule has 1 aliphatic rings. The summed E-state index contributed by atoms with van der Waals surface area (Å²) in [5.74, 6) is -0.219. The molecule has 1 saturated carbocycles. The van der Waals surface area contributed by atoms with Crippen LogP contribution in [0.2, 0.25) is 0 Å². The van der Waals surface area contributed by atoms with Crippen LogP contribution in [-0.4, -0.2) is 20.4 Å². The number of hydrogen-bond donors (Lipinski definition) is 2. The molecule has 6 heteroatoms. The summed E-state index contributed by atoms with van der Waals surface area (Å²) in [5.41, 5.74) is 1.92. The van der Waals surface area contributed by atoms with Crippen LogP contribution in [0.4, 0.5) is 0 Å². The maximum Gasteiger partial charge on any atom is 0.251 e. The molecule has 0 heterocycles. The van der Waals surface area contributed by atoms with Gasteiger partial charge in [0.05, 0.1) is 4.90 Å². The maximum atomic E-state index is 12.3. The Labute approximate surface area is 119 Å². The normalized spacial score (nSPS) is 16.4. The third-order valence-electron chi connectivity index (χ3n) is 3.90. The van der Waals surface area contributed by atoms with Gasteiger partial charge in [0.2, 0.25) is 10.0 Å². The van der Waals surface area contributed by atoms with E-state index in [0.717, 1.165) is 36.8 Å². The fraction of sp³-hybridized carbons (Fsp3) is 0.500. The number of primary sulfonamides is 1. The summed E-state index contributed by atoms with van der Waals surface area (Å²) in [6.45, 7) is 3.59. The van der Waals surface area contributed by atoms with Crippen molar-refractivity contribution in [3.63, 3.8) is 0 Å². The van der Waals surface area contributed by atoms with Gasteiger partial charge in [0.15, 0.2) is 0 Å². The van der Waals surface area contributed by atoms with E-state index in [9.17, 15) is 13.2 Å². The quantitative estimate of drug-likeness (QED) is 0.888. The van der Waals surface area contributed by atoms with Crippen molar-refractivity contribution in [3.05, 3.63) is 28.8 Å². The largest absolute Gasteiger partial charge is 0.349 e. The highest BCUT2D eigenvalue weighted by atomic mass is 32.2. The SMILES string of the molecule is Cc1cc(S(N)(=O)=O)cc(C(=O)NC2CCCC2)c1C.